The first kappa shape index (κ1) is 21.8. The Hall–Kier alpha value is -2.45. The van der Waals surface area contributed by atoms with Crippen LogP contribution in [0.15, 0.2) is 47.4 Å². The minimum absolute atomic E-state index is 0.123. The average Bonchev–Trinajstić information content (AvgIpc) is 2.59. The van der Waals surface area contributed by atoms with Gasteiger partial charge in [0.15, 0.2) is 6.10 Å². The van der Waals surface area contributed by atoms with Crippen LogP contribution in [0.2, 0.25) is 0 Å². The summed E-state index contributed by atoms with van der Waals surface area (Å²) in [6.07, 6.45) is -1.14. The molecule has 0 saturated heterocycles. The van der Waals surface area contributed by atoms with E-state index in [2.05, 4.69) is 10.0 Å². The lowest BCUT2D eigenvalue weighted by molar-refractivity contribution is -0.155. The number of benzene rings is 2. The Kier molecular flexibility index (Phi) is 6.79. The number of carbonyl (C=O) groups is 2. The molecule has 28 heavy (non-hydrogen) atoms. The van der Waals surface area contributed by atoms with Crippen LogP contribution in [0.25, 0.3) is 10.8 Å². The second-order valence-corrected chi connectivity index (χ2v) is 9.30. The molecule has 2 aromatic rings. The van der Waals surface area contributed by atoms with Gasteiger partial charge in [-0.25, -0.2) is 13.1 Å². The van der Waals surface area contributed by atoms with Crippen LogP contribution in [0.3, 0.4) is 0 Å². The number of rotatable bonds is 7. The van der Waals surface area contributed by atoms with Gasteiger partial charge in [0.25, 0.3) is 5.91 Å². The highest BCUT2D eigenvalue weighted by Crippen LogP contribution is 2.18. The normalized spacial score (nSPS) is 13.1. The van der Waals surface area contributed by atoms with Crippen LogP contribution in [0, 0.1) is 0 Å². The first-order valence-electron chi connectivity index (χ1n) is 8.98. The Morgan fingerprint density at radius 2 is 1.71 bits per heavy atom. The predicted octanol–water partition coefficient (Wildman–Crippen LogP) is 2.35. The van der Waals surface area contributed by atoms with E-state index in [1.54, 1.807) is 12.1 Å². The second kappa shape index (κ2) is 8.70. The monoisotopic (exact) mass is 406 g/mol. The summed E-state index contributed by atoms with van der Waals surface area (Å²) in [5, 5.41) is 4.46. The molecule has 7 nitrogen and oxygen atoms in total. The molecule has 0 saturated carbocycles. The van der Waals surface area contributed by atoms with Gasteiger partial charge in [0.2, 0.25) is 10.0 Å². The Morgan fingerprint density at radius 1 is 1.07 bits per heavy atom. The molecule has 1 atom stereocenters. The van der Waals surface area contributed by atoms with Gasteiger partial charge in [0, 0.05) is 12.1 Å². The molecule has 152 valence electrons. The third kappa shape index (κ3) is 6.31. The maximum absolute atomic E-state index is 12.4. The van der Waals surface area contributed by atoms with Crippen LogP contribution in [0.1, 0.15) is 34.1 Å². The van der Waals surface area contributed by atoms with E-state index >= 15 is 0 Å². The molecule has 0 aliphatic heterocycles. The van der Waals surface area contributed by atoms with Crippen molar-refractivity contribution in [2.24, 2.45) is 0 Å². The van der Waals surface area contributed by atoms with Crippen LogP contribution < -0.4 is 10.0 Å². The maximum Gasteiger partial charge on any atom is 0.307 e. The first-order chi connectivity index (χ1) is 13.0. The van der Waals surface area contributed by atoms with E-state index in [0.29, 0.717) is 0 Å². The van der Waals surface area contributed by atoms with Gasteiger partial charge in [-0.15, -0.1) is 0 Å². The predicted molar refractivity (Wildman–Crippen MR) is 107 cm³/mol. The van der Waals surface area contributed by atoms with Crippen LogP contribution in [0.4, 0.5) is 0 Å². The lowest BCUT2D eigenvalue weighted by atomic mass is 10.1. The minimum atomic E-state index is -3.75. The number of hydrogen-bond acceptors (Lipinski definition) is 5. The van der Waals surface area contributed by atoms with E-state index < -0.39 is 33.5 Å². The molecule has 2 N–H and O–H groups in total. The SMILES string of the molecule is CC(OC(=O)CCNS(=O)(=O)c1ccc2ccccc2c1)C(=O)NC(C)(C)C. The summed E-state index contributed by atoms with van der Waals surface area (Å²) in [7, 11) is -3.75. The Bertz CT molecular complexity index is 964. The fraction of sp³-hybridized carbons (Fsp3) is 0.400. The summed E-state index contributed by atoms with van der Waals surface area (Å²) in [4.78, 5) is 23.9. The lowest BCUT2D eigenvalue weighted by Crippen LogP contribution is -2.46. The molecule has 0 spiro atoms. The quantitative estimate of drug-likeness (QED) is 0.688. The highest BCUT2D eigenvalue weighted by Gasteiger charge is 2.22. The Morgan fingerprint density at radius 3 is 2.36 bits per heavy atom. The number of sulfonamides is 1. The van der Waals surface area contributed by atoms with Crippen LogP contribution in [-0.2, 0) is 24.3 Å². The number of amides is 1. The van der Waals surface area contributed by atoms with Crippen molar-refractivity contribution in [3.8, 4) is 0 Å². The van der Waals surface area contributed by atoms with Crippen molar-refractivity contribution < 1.29 is 22.7 Å². The Labute approximate surface area is 165 Å². The second-order valence-electron chi connectivity index (χ2n) is 7.53. The standard InChI is InChI=1S/C20H26N2O5S/c1-14(19(24)22-20(2,3)4)27-18(23)11-12-21-28(25,26)17-10-9-15-7-5-6-8-16(15)13-17/h5-10,13-14,21H,11-12H2,1-4H3,(H,22,24). The van der Waals surface area contributed by atoms with Crippen molar-refractivity contribution in [2.45, 2.75) is 50.7 Å². The smallest absolute Gasteiger partial charge is 0.307 e. The zero-order chi connectivity index (χ0) is 20.9. The lowest BCUT2D eigenvalue weighted by Gasteiger charge is -2.23. The molecule has 0 fully saturated rings. The summed E-state index contributed by atoms with van der Waals surface area (Å²) in [6.45, 7) is 6.81. The molecule has 0 radical (unpaired) electrons. The van der Waals surface area contributed by atoms with Gasteiger partial charge < -0.3 is 10.1 Å². The summed E-state index contributed by atoms with van der Waals surface area (Å²) in [5.41, 5.74) is -0.437. The summed E-state index contributed by atoms with van der Waals surface area (Å²) in [5.74, 6) is -1.06. The third-order valence-electron chi connectivity index (χ3n) is 3.83. The first-order valence-corrected chi connectivity index (χ1v) is 10.5. The molecule has 0 aromatic heterocycles. The molecule has 1 unspecified atom stereocenters. The molecule has 8 heteroatoms. The van der Waals surface area contributed by atoms with E-state index in [-0.39, 0.29) is 17.9 Å². The van der Waals surface area contributed by atoms with E-state index in [9.17, 15) is 18.0 Å². The summed E-state index contributed by atoms with van der Waals surface area (Å²) >= 11 is 0. The number of esters is 1. The zero-order valence-corrected chi connectivity index (χ0v) is 17.3. The highest BCUT2D eigenvalue weighted by atomic mass is 32.2. The molecule has 2 aromatic carbocycles. The van der Waals surface area contributed by atoms with E-state index in [4.69, 9.17) is 4.74 Å². The van der Waals surface area contributed by atoms with E-state index in [1.807, 2.05) is 45.0 Å². The fourth-order valence-electron chi connectivity index (χ4n) is 2.49. The number of carbonyl (C=O) groups excluding carboxylic acids is 2. The van der Waals surface area contributed by atoms with Crippen molar-refractivity contribution in [1.82, 2.24) is 10.0 Å². The molecule has 1 amide bonds. The van der Waals surface area contributed by atoms with Gasteiger partial charge in [-0.1, -0.05) is 30.3 Å². The van der Waals surface area contributed by atoms with Gasteiger partial charge in [-0.3, -0.25) is 9.59 Å². The number of ether oxygens (including phenoxy) is 1. The average molecular weight is 407 g/mol. The zero-order valence-electron chi connectivity index (χ0n) is 16.5. The van der Waals surface area contributed by atoms with Crippen LogP contribution >= 0.6 is 0 Å². The van der Waals surface area contributed by atoms with E-state index in [1.165, 1.54) is 13.0 Å². The van der Waals surface area contributed by atoms with Crippen LogP contribution in [-0.4, -0.2) is 38.5 Å². The highest BCUT2D eigenvalue weighted by molar-refractivity contribution is 7.89. The van der Waals surface area contributed by atoms with Gasteiger partial charge in [0.1, 0.15) is 0 Å². The minimum Gasteiger partial charge on any atom is -0.453 e. The number of fused-ring (bicyclic) bond motifs is 1. The van der Waals surface area contributed by atoms with E-state index in [0.717, 1.165) is 10.8 Å². The van der Waals surface area contributed by atoms with Crippen molar-refractivity contribution in [1.29, 1.82) is 0 Å². The number of hydrogen-bond donors (Lipinski definition) is 2. The largest absolute Gasteiger partial charge is 0.453 e. The van der Waals surface area contributed by atoms with Crippen molar-refractivity contribution in [3.63, 3.8) is 0 Å². The number of nitrogens with one attached hydrogen (secondary N) is 2. The maximum atomic E-state index is 12.4. The Balaban J connectivity index is 1.88. The molecule has 2 rings (SSSR count). The fourth-order valence-corrected chi connectivity index (χ4v) is 3.55. The molecule has 0 bridgehead atoms. The molecular formula is C20H26N2O5S. The topological polar surface area (TPSA) is 102 Å². The molecule has 0 aliphatic rings. The van der Waals surface area contributed by atoms with Crippen molar-refractivity contribution in [3.05, 3.63) is 42.5 Å². The molecule has 0 aliphatic carbocycles. The molecule has 0 heterocycles. The van der Waals surface area contributed by atoms with Gasteiger partial charge >= 0.3 is 5.97 Å². The van der Waals surface area contributed by atoms with Gasteiger partial charge in [0.05, 0.1) is 11.3 Å². The van der Waals surface area contributed by atoms with Crippen molar-refractivity contribution in [2.75, 3.05) is 6.54 Å². The third-order valence-corrected chi connectivity index (χ3v) is 5.29. The summed E-state index contributed by atoms with van der Waals surface area (Å²) < 4.78 is 32.3. The van der Waals surface area contributed by atoms with Gasteiger partial charge in [-0.05, 0) is 50.6 Å². The van der Waals surface area contributed by atoms with Crippen LogP contribution in [0.5, 0.6) is 0 Å². The van der Waals surface area contributed by atoms with Crippen molar-refractivity contribution >= 4 is 32.7 Å². The van der Waals surface area contributed by atoms with Gasteiger partial charge in [-0.2, -0.15) is 0 Å². The molecular weight excluding hydrogens is 380 g/mol. The summed E-state index contributed by atoms with van der Waals surface area (Å²) in [6, 6.07) is 12.3.